The lowest BCUT2D eigenvalue weighted by molar-refractivity contribution is 0.611. The molecule has 1 aliphatic rings. The summed E-state index contributed by atoms with van der Waals surface area (Å²) in [6, 6.07) is 17.5. The Bertz CT molecular complexity index is 539. The molecule has 0 atom stereocenters. The molecule has 1 fully saturated rings. The summed E-state index contributed by atoms with van der Waals surface area (Å²) < 4.78 is 15.7. The third-order valence-corrected chi connectivity index (χ3v) is 3.21. The predicted octanol–water partition coefficient (Wildman–Crippen LogP) is 4.68. The monoisotopic (exact) mass is 334 g/mol. The van der Waals surface area contributed by atoms with Gasteiger partial charge >= 0.3 is 0 Å². The van der Waals surface area contributed by atoms with E-state index in [-0.39, 0.29) is 5.82 Å². The fourth-order valence-electron chi connectivity index (χ4n) is 1.89. The van der Waals surface area contributed by atoms with Crippen molar-refractivity contribution in [3.63, 3.8) is 0 Å². The van der Waals surface area contributed by atoms with Crippen molar-refractivity contribution in [3.05, 3.63) is 71.5 Å². The van der Waals surface area contributed by atoms with Crippen LogP contribution in [-0.2, 0) is 6.54 Å². The van der Waals surface area contributed by atoms with Gasteiger partial charge in [0.2, 0.25) is 0 Å². The van der Waals surface area contributed by atoms with Crippen LogP contribution in [0.1, 0.15) is 43.7 Å². The van der Waals surface area contributed by atoms with Crippen LogP contribution in [-0.4, -0.2) is 6.04 Å². The van der Waals surface area contributed by atoms with Gasteiger partial charge in [-0.1, -0.05) is 75.2 Å². The molecule has 2 aromatic rings. The van der Waals surface area contributed by atoms with E-state index < -0.39 is 0 Å². The average molecular weight is 335 g/mol. The maximum atomic E-state index is 12.9. The van der Waals surface area contributed by atoms with Crippen LogP contribution in [0.4, 0.5) is 4.39 Å². The second-order valence-electron chi connectivity index (χ2n) is 5.86. The van der Waals surface area contributed by atoms with Crippen molar-refractivity contribution >= 4 is 12.8 Å². The van der Waals surface area contributed by atoms with Crippen LogP contribution >= 0.6 is 12.8 Å². The minimum atomic E-state index is -0.0370. The Hall–Kier alpha value is -1.36. The van der Waals surface area contributed by atoms with Crippen molar-refractivity contribution in [2.24, 2.45) is 5.73 Å². The van der Waals surface area contributed by atoms with Crippen molar-refractivity contribution in [1.29, 1.82) is 0 Å². The zero-order chi connectivity index (χ0) is 17.1. The lowest BCUT2D eigenvalue weighted by Gasteiger charge is -1.96. The molecule has 4 heteroatoms. The van der Waals surface area contributed by atoms with Crippen molar-refractivity contribution in [2.75, 3.05) is 0 Å². The molecule has 0 aromatic heterocycles. The molecule has 1 aliphatic carbocycles. The van der Waals surface area contributed by atoms with Crippen LogP contribution in [0.2, 0.25) is 0 Å². The first-order valence-electron chi connectivity index (χ1n) is 7.95. The fourth-order valence-corrected chi connectivity index (χ4v) is 2.07. The normalized spacial score (nSPS) is 12.8. The molecule has 0 radical (unpaired) electrons. The molecule has 0 heterocycles. The van der Waals surface area contributed by atoms with Crippen LogP contribution in [0.15, 0.2) is 54.6 Å². The van der Waals surface area contributed by atoms with Gasteiger partial charge in [0.1, 0.15) is 5.82 Å². The maximum Gasteiger partial charge on any atom is 0.126 e. The molecule has 0 aliphatic heterocycles. The topological polar surface area (TPSA) is 38.0 Å². The third-order valence-electron chi connectivity index (χ3n) is 3.05. The second kappa shape index (κ2) is 11.2. The standard InChI is InChI=1S/C9H9F.C7H9NS.C3H9N/c10-9-4-2-1-3-8(9)7-5-6-7;9-8-6-7-4-2-1-3-5-7;1-3(2)4/h1-4,7H,5-6H2;1-5,8-9H,6H2;3H,4H2,1-2H3. The Morgan fingerprint density at radius 3 is 2.09 bits per heavy atom. The lowest BCUT2D eigenvalue weighted by atomic mass is 10.1. The smallest absolute Gasteiger partial charge is 0.126 e. The van der Waals surface area contributed by atoms with E-state index in [0.29, 0.717) is 12.0 Å². The molecule has 0 amide bonds. The van der Waals surface area contributed by atoms with Crippen LogP contribution in [0, 0.1) is 5.82 Å². The van der Waals surface area contributed by atoms with Gasteiger partial charge in [-0.05, 0) is 42.0 Å². The van der Waals surface area contributed by atoms with E-state index in [1.165, 1.54) is 24.5 Å². The highest BCUT2D eigenvalue weighted by molar-refractivity contribution is 7.78. The zero-order valence-corrected chi connectivity index (χ0v) is 14.8. The van der Waals surface area contributed by atoms with E-state index >= 15 is 0 Å². The van der Waals surface area contributed by atoms with Crippen LogP contribution in [0.25, 0.3) is 0 Å². The van der Waals surface area contributed by atoms with E-state index in [9.17, 15) is 4.39 Å². The zero-order valence-electron chi connectivity index (χ0n) is 13.9. The molecular formula is C19H27FN2S. The Labute approximate surface area is 144 Å². The Balaban J connectivity index is 0.000000189. The molecule has 126 valence electrons. The second-order valence-corrected chi connectivity index (χ2v) is 6.18. The first-order chi connectivity index (χ1) is 11.0. The van der Waals surface area contributed by atoms with Gasteiger partial charge in [-0.2, -0.15) is 0 Å². The molecule has 0 unspecified atom stereocenters. The summed E-state index contributed by atoms with van der Waals surface area (Å²) in [7, 11) is 0. The van der Waals surface area contributed by atoms with Gasteiger partial charge in [0.05, 0.1) is 0 Å². The number of nitrogens with two attached hydrogens (primary N) is 1. The molecule has 23 heavy (non-hydrogen) atoms. The van der Waals surface area contributed by atoms with E-state index in [1.807, 2.05) is 44.2 Å². The number of thiol groups is 1. The van der Waals surface area contributed by atoms with Crippen molar-refractivity contribution < 1.29 is 4.39 Å². The minimum absolute atomic E-state index is 0.0370. The summed E-state index contributed by atoms with van der Waals surface area (Å²) >= 11 is 3.88. The van der Waals surface area contributed by atoms with Crippen LogP contribution in [0.3, 0.4) is 0 Å². The Kier molecular flexibility index (Phi) is 9.60. The van der Waals surface area contributed by atoms with Gasteiger partial charge in [0.15, 0.2) is 0 Å². The van der Waals surface area contributed by atoms with E-state index in [4.69, 9.17) is 5.73 Å². The fraction of sp³-hybridized carbons (Fsp3) is 0.368. The Morgan fingerprint density at radius 1 is 1.09 bits per heavy atom. The average Bonchev–Trinajstić information content (AvgIpc) is 3.34. The maximum absolute atomic E-state index is 12.9. The van der Waals surface area contributed by atoms with E-state index in [2.05, 4.69) is 29.7 Å². The number of benzene rings is 2. The molecule has 0 bridgehead atoms. The highest BCUT2D eigenvalue weighted by Crippen LogP contribution is 2.40. The highest BCUT2D eigenvalue weighted by atomic mass is 32.1. The number of nitrogens with one attached hydrogen (secondary N) is 1. The van der Waals surface area contributed by atoms with Crippen LogP contribution in [0.5, 0.6) is 0 Å². The molecule has 3 rings (SSSR count). The SMILES string of the molecule is CC(C)N.Fc1ccccc1C1CC1.SNCc1ccccc1. The van der Waals surface area contributed by atoms with Crippen molar-refractivity contribution in [1.82, 2.24) is 4.72 Å². The number of hydrogen-bond acceptors (Lipinski definition) is 3. The summed E-state index contributed by atoms with van der Waals surface area (Å²) in [4.78, 5) is 0. The van der Waals surface area contributed by atoms with Gasteiger partial charge in [-0.15, -0.1) is 0 Å². The highest BCUT2D eigenvalue weighted by Gasteiger charge is 2.25. The summed E-state index contributed by atoms with van der Waals surface area (Å²) in [5, 5.41) is 0. The summed E-state index contributed by atoms with van der Waals surface area (Å²) in [5.74, 6) is 0.492. The van der Waals surface area contributed by atoms with Gasteiger partial charge < -0.3 is 5.73 Å². The third kappa shape index (κ3) is 9.39. The van der Waals surface area contributed by atoms with Gasteiger partial charge in [-0.3, -0.25) is 4.72 Å². The molecule has 3 N–H and O–H groups in total. The molecule has 0 saturated heterocycles. The molecule has 2 aromatic carbocycles. The number of rotatable bonds is 3. The molecule has 0 spiro atoms. The van der Waals surface area contributed by atoms with Gasteiger partial charge in [0.25, 0.3) is 0 Å². The lowest BCUT2D eigenvalue weighted by Crippen LogP contribution is -2.06. The molecule has 1 saturated carbocycles. The Morgan fingerprint density at radius 2 is 1.61 bits per heavy atom. The van der Waals surface area contributed by atoms with Gasteiger partial charge in [-0.25, -0.2) is 4.39 Å². The minimum Gasteiger partial charge on any atom is -0.328 e. The molecule has 2 nitrogen and oxygen atoms in total. The first-order valence-corrected chi connectivity index (χ1v) is 8.40. The van der Waals surface area contributed by atoms with Crippen molar-refractivity contribution in [3.8, 4) is 0 Å². The summed E-state index contributed by atoms with van der Waals surface area (Å²) in [5.41, 5.74) is 7.27. The largest absolute Gasteiger partial charge is 0.328 e. The van der Waals surface area contributed by atoms with E-state index in [0.717, 1.165) is 12.1 Å². The summed E-state index contributed by atoms with van der Waals surface area (Å²) in [6.07, 6.45) is 2.34. The van der Waals surface area contributed by atoms with Crippen LogP contribution < -0.4 is 10.5 Å². The predicted molar refractivity (Wildman–Crippen MR) is 100.0 cm³/mol. The number of halogens is 1. The number of hydrogen-bond donors (Lipinski definition) is 3. The summed E-state index contributed by atoms with van der Waals surface area (Å²) in [6.45, 7) is 4.71. The molecular weight excluding hydrogens is 307 g/mol. The first kappa shape index (κ1) is 19.7. The van der Waals surface area contributed by atoms with Crippen molar-refractivity contribution in [2.45, 2.75) is 45.2 Å². The van der Waals surface area contributed by atoms with Gasteiger partial charge in [0, 0.05) is 6.54 Å². The quantitative estimate of drug-likeness (QED) is 0.713. The van der Waals surface area contributed by atoms with E-state index in [1.54, 1.807) is 6.07 Å².